The fraction of sp³-hybridized carbons (Fsp3) is 0.462. The van der Waals surface area contributed by atoms with Crippen molar-refractivity contribution in [2.24, 2.45) is 0 Å². The molecule has 0 N–H and O–H groups in total. The molecule has 0 radical (unpaired) electrons. The van der Waals surface area contributed by atoms with E-state index in [1.807, 2.05) is 51.1 Å². The molecule has 3 aromatic rings. The molecule has 0 atom stereocenters. The number of hydrogen-bond donors (Lipinski definition) is 0. The van der Waals surface area contributed by atoms with Crippen LogP contribution >= 0.6 is 0 Å². The molecule has 1 amide bonds. The molecule has 0 saturated heterocycles. The van der Waals surface area contributed by atoms with Crippen LogP contribution in [0.2, 0.25) is 0 Å². The molecule has 0 aliphatic carbocycles. The van der Waals surface area contributed by atoms with Crippen molar-refractivity contribution in [2.45, 2.75) is 26.4 Å². The molecule has 0 aliphatic heterocycles. The van der Waals surface area contributed by atoms with Crippen LogP contribution in [0.3, 0.4) is 0 Å². The van der Waals surface area contributed by atoms with E-state index in [1.165, 1.54) is 4.90 Å². The van der Waals surface area contributed by atoms with Crippen LogP contribution < -0.4 is 9.64 Å². The molecule has 38 heavy (non-hydrogen) atoms. The molecule has 2 heterocycles. The van der Waals surface area contributed by atoms with Crippen LogP contribution in [0, 0.1) is 0 Å². The number of nitrogens with zero attached hydrogens (tertiary/aromatic N) is 2. The number of furan rings is 1. The van der Waals surface area contributed by atoms with Gasteiger partial charge in [0, 0.05) is 24.2 Å². The van der Waals surface area contributed by atoms with E-state index in [0.717, 1.165) is 17.2 Å². The Morgan fingerprint density at radius 2 is 1.66 bits per heavy atom. The van der Waals surface area contributed by atoms with Crippen molar-refractivity contribution < 1.29 is 40.8 Å². The van der Waals surface area contributed by atoms with Crippen LogP contribution in [0.1, 0.15) is 20.8 Å². The number of pyridine rings is 1. The second-order valence-corrected chi connectivity index (χ2v) is 11.0. The summed E-state index contributed by atoms with van der Waals surface area (Å²) in [5, 5.41) is 0.873. The summed E-state index contributed by atoms with van der Waals surface area (Å²) in [5.41, 5.74) is 0.878. The molecule has 208 valence electrons. The highest BCUT2D eigenvalue weighted by atomic mass is 32.2. The van der Waals surface area contributed by atoms with Gasteiger partial charge in [-0.25, -0.2) is 9.78 Å². The zero-order valence-electron chi connectivity index (χ0n) is 22.3. The lowest BCUT2D eigenvalue weighted by atomic mass is 10.2. The third-order valence-corrected chi connectivity index (χ3v) is 5.52. The minimum absolute atomic E-state index is 0.0204. The lowest BCUT2D eigenvalue weighted by molar-refractivity contribution is 0.0280. The maximum absolute atomic E-state index is 12.3. The fourth-order valence-corrected chi connectivity index (χ4v) is 3.56. The predicted molar refractivity (Wildman–Crippen MR) is 142 cm³/mol. The maximum atomic E-state index is 12.3. The number of aromatic nitrogens is 1. The first-order valence-corrected chi connectivity index (χ1v) is 13.8. The van der Waals surface area contributed by atoms with Crippen molar-refractivity contribution in [3.8, 4) is 17.1 Å². The van der Waals surface area contributed by atoms with E-state index in [-0.39, 0.29) is 13.2 Å². The smallest absolute Gasteiger partial charge is 0.415 e. The molecule has 0 bridgehead atoms. The van der Waals surface area contributed by atoms with E-state index in [1.54, 1.807) is 19.3 Å². The average molecular weight is 551 g/mol. The minimum atomic E-state index is -3.45. The Kier molecular flexibility index (Phi) is 10.1. The Bertz CT molecular complexity index is 1300. The van der Waals surface area contributed by atoms with E-state index in [2.05, 4.69) is 9.17 Å². The van der Waals surface area contributed by atoms with Crippen LogP contribution in [-0.4, -0.2) is 78.0 Å². The van der Waals surface area contributed by atoms with Crippen molar-refractivity contribution >= 4 is 33.0 Å². The van der Waals surface area contributed by atoms with Gasteiger partial charge in [-0.2, -0.15) is 8.42 Å². The van der Waals surface area contributed by atoms with Gasteiger partial charge in [0.15, 0.2) is 0 Å². The SMILES string of the molecule is CN(C(=O)OC(C)(C)C)c1ccc(-c2cc3cc(OCCOCCOCCOS(C)(=O)=O)ccc3o2)cn1. The molecule has 0 unspecified atom stereocenters. The Hall–Kier alpha value is -3.19. The second kappa shape index (κ2) is 13.1. The van der Waals surface area contributed by atoms with Gasteiger partial charge in [0.1, 0.15) is 35.1 Å². The molecule has 11 nitrogen and oxygen atoms in total. The van der Waals surface area contributed by atoms with Crippen molar-refractivity contribution in [3.63, 3.8) is 0 Å². The number of benzene rings is 1. The first-order chi connectivity index (χ1) is 17.9. The van der Waals surface area contributed by atoms with Crippen LogP contribution in [0.25, 0.3) is 22.3 Å². The molecular formula is C26H34N2O9S. The summed E-state index contributed by atoms with van der Waals surface area (Å²) in [6.45, 7) is 6.98. The standard InChI is InChI=1S/C26H34N2O9S/c1-26(2,3)37-25(29)28(4)24-9-6-19(18-27-24)23-17-20-16-21(7-8-22(20)36-23)34-14-12-32-10-11-33-13-15-35-38(5,30)31/h6-9,16-18H,10-15H2,1-5H3. The lowest BCUT2D eigenvalue weighted by Crippen LogP contribution is -2.34. The summed E-state index contributed by atoms with van der Waals surface area (Å²) in [6, 6.07) is 11.0. The van der Waals surface area contributed by atoms with Crippen LogP contribution in [-0.2, 0) is 28.5 Å². The zero-order chi connectivity index (χ0) is 27.8. The number of rotatable bonds is 13. The summed E-state index contributed by atoms with van der Waals surface area (Å²) >= 11 is 0. The molecular weight excluding hydrogens is 516 g/mol. The van der Waals surface area contributed by atoms with Crippen LogP contribution in [0.5, 0.6) is 5.75 Å². The summed E-state index contributed by atoms with van der Waals surface area (Å²) < 4.78 is 54.0. The maximum Gasteiger partial charge on any atom is 0.415 e. The third-order valence-electron chi connectivity index (χ3n) is 4.92. The van der Waals surface area contributed by atoms with E-state index >= 15 is 0 Å². The van der Waals surface area contributed by atoms with E-state index in [4.69, 9.17) is 23.4 Å². The summed E-state index contributed by atoms with van der Waals surface area (Å²) in [7, 11) is -1.84. The lowest BCUT2D eigenvalue weighted by Gasteiger charge is -2.24. The normalized spacial score (nSPS) is 12.0. The number of carbonyl (C=O) groups is 1. The minimum Gasteiger partial charge on any atom is -0.491 e. The Labute approximate surface area is 222 Å². The van der Waals surface area contributed by atoms with Crippen molar-refractivity contribution in [1.29, 1.82) is 0 Å². The molecule has 0 spiro atoms. The number of anilines is 1. The second-order valence-electron chi connectivity index (χ2n) is 9.35. The predicted octanol–water partition coefficient (Wildman–Crippen LogP) is 4.25. The average Bonchev–Trinajstić information content (AvgIpc) is 3.26. The molecule has 2 aromatic heterocycles. The highest BCUT2D eigenvalue weighted by Crippen LogP contribution is 2.30. The summed E-state index contributed by atoms with van der Waals surface area (Å²) in [4.78, 5) is 18.0. The number of hydrogen-bond acceptors (Lipinski definition) is 10. The highest BCUT2D eigenvalue weighted by Gasteiger charge is 2.21. The topological polar surface area (TPSA) is 127 Å². The van der Waals surface area contributed by atoms with Crippen molar-refractivity contribution in [3.05, 3.63) is 42.6 Å². The Morgan fingerprint density at radius 3 is 2.29 bits per heavy atom. The van der Waals surface area contributed by atoms with Crippen molar-refractivity contribution in [1.82, 2.24) is 4.98 Å². The molecule has 12 heteroatoms. The number of amides is 1. The van der Waals surface area contributed by atoms with Gasteiger partial charge in [-0.15, -0.1) is 0 Å². The fourth-order valence-electron chi connectivity index (χ4n) is 3.19. The highest BCUT2D eigenvalue weighted by molar-refractivity contribution is 7.85. The Morgan fingerprint density at radius 1 is 0.974 bits per heavy atom. The van der Waals surface area contributed by atoms with Gasteiger partial charge < -0.3 is 23.4 Å². The Balaban J connectivity index is 1.45. The van der Waals surface area contributed by atoms with E-state index in [0.29, 0.717) is 49.3 Å². The quantitative estimate of drug-likeness (QED) is 0.225. The number of ether oxygens (including phenoxy) is 4. The number of fused-ring (bicyclic) bond motifs is 1. The molecule has 0 saturated carbocycles. The van der Waals surface area contributed by atoms with E-state index in [9.17, 15) is 13.2 Å². The van der Waals surface area contributed by atoms with Gasteiger partial charge >= 0.3 is 6.09 Å². The molecule has 0 fully saturated rings. The first-order valence-electron chi connectivity index (χ1n) is 12.0. The molecule has 3 rings (SSSR count). The zero-order valence-corrected chi connectivity index (χ0v) is 23.1. The van der Waals surface area contributed by atoms with Gasteiger partial charge in [-0.1, -0.05) is 0 Å². The summed E-state index contributed by atoms with van der Waals surface area (Å²) in [6.07, 6.45) is 2.15. The summed E-state index contributed by atoms with van der Waals surface area (Å²) in [5.74, 6) is 1.78. The van der Waals surface area contributed by atoms with Gasteiger partial charge in [0.25, 0.3) is 10.1 Å². The van der Waals surface area contributed by atoms with Gasteiger partial charge in [0.2, 0.25) is 0 Å². The van der Waals surface area contributed by atoms with Crippen LogP contribution in [0.15, 0.2) is 47.0 Å². The van der Waals surface area contributed by atoms with Gasteiger partial charge in [-0.3, -0.25) is 9.08 Å². The monoisotopic (exact) mass is 550 g/mol. The third kappa shape index (κ3) is 9.60. The van der Waals surface area contributed by atoms with E-state index < -0.39 is 21.8 Å². The van der Waals surface area contributed by atoms with Crippen LogP contribution in [0.4, 0.5) is 10.6 Å². The van der Waals surface area contributed by atoms with Gasteiger partial charge in [0.05, 0.1) is 39.3 Å². The van der Waals surface area contributed by atoms with Gasteiger partial charge in [-0.05, 0) is 57.2 Å². The molecule has 1 aromatic carbocycles. The van der Waals surface area contributed by atoms with Crippen molar-refractivity contribution in [2.75, 3.05) is 57.8 Å². The first kappa shape index (κ1) is 29.4. The largest absolute Gasteiger partial charge is 0.491 e. The molecule has 0 aliphatic rings. The number of carbonyl (C=O) groups excluding carboxylic acids is 1.